The predicted octanol–water partition coefficient (Wildman–Crippen LogP) is 4.30. The fraction of sp³-hybridized carbons (Fsp3) is 0.333. The lowest BCUT2D eigenvalue weighted by molar-refractivity contribution is -0.120. The van der Waals surface area contributed by atoms with Crippen LogP contribution in [-0.4, -0.2) is 29.0 Å². The summed E-state index contributed by atoms with van der Waals surface area (Å²) in [6.45, 7) is 3.74. The number of anilines is 2. The summed E-state index contributed by atoms with van der Waals surface area (Å²) in [5, 5.41) is 7.07. The normalized spacial score (nSPS) is 14.7. The van der Waals surface area contributed by atoms with Crippen LogP contribution in [0.2, 0.25) is 0 Å². The van der Waals surface area contributed by atoms with E-state index in [4.69, 9.17) is 12.2 Å². The van der Waals surface area contributed by atoms with Crippen LogP contribution in [0.25, 0.3) is 0 Å². The number of amides is 1. The number of aryl methyl sites for hydroxylation is 1. The summed E-state index contributed by atoms with van der Waals surface area (Å²) in [7, 11) is 0. The van der Waals surface area contributed by atoms with Crippen molar-refractivity contribution in [2.75, 3.05) is 23.7 Å². The molecule has 0 atom stereocenters. The van der Waals surface area contributed by atoms with Crippen molar-refractivity contribution >= 4 is 34.6 Å². The first-order valence-corrected chi connectivity index (χ1v) is 9.57. The van der Waals surface area contributed by atoms with E-state index < -0.39 is 0 Å². The zero-order valence-electron chi connectivity index (χ0n) is 15.1. The number of hydrogen-bond donors (Lipinski definition) is 2. The molecule has 1 amide bonds. The van der Waals surface area contributed by atoms with E-state index in [-0.39, 0.29) is 11.8 Å². The van der Waals surface area contributed by atoms with Crippen molar-refractivity contribution in [1.82, 2.24) is 4.90 Å². The third-order valence-electron chi connectivity index (χ3n) is 4.78. The first-order valence-electron chi connectivity index (χ1n) is 9.16. The summed E-state index contributed by atoms with van der Waals surface area (Å²) in [6.07, 6.45) is 2.63. The van der Waals surface area contributed by atoms with Crippen molar-refractivity contribution in [3.63, 3.8) is 0 Å². The first kappa shape index (κ1) is 18.4. The lowest BCUT2D eigenvalue weighted by Crippen LogP contribution is -2.43. The molecule has 0 saturated carbocycles. The highest BCUT2D eigenvalue weighted by Crippen LogP contribution is 2.21. The second-order valence-electron chi connectivity index (χ2n) is 6.60. The van der Waals surface area contributed by atoms with Crippen LogP contribution in [-0.2, 0) is 11.2 Å². The van der Waals surface area contributed by atoms with Crippen molar-refractivity contribution in [3.05, 3.63) is 60.2 Å². The highest BCUT2D eigenvalue weighted by atomic mass is 32.1. The Morgan fingerprint density at radius 2 is 1.73 bits per heavy atom. The number of nitrogens with zero attached hydrogens (tertiary/aromatic N) is 1. The van der Waals surface area contributed by atoms with Gasteiger partial charge in [-0.05, 0) is 61.3 Å². The second-order valence-corrected chi connectivity index (χ2v) is 6.99. The second kappa shape index (κ2) is 8.81. The molecule has 2 aromatic rings. The minimum Gasteiger partial charge on any atom is -0.349 e. The third kappa shape index (κ3) is 4.82. The van der Waals surface area contributed by atoms with E-state index >= 15 is 0 Å². The van der Waals surface area contributed by atoms with Gasteiger partial charge in [0.1, 0.15) is 0 Å². The molecule has 1 fully saturated rings. The zero-order chi connectivity index (χ0) is 18.4. The molecular weight excluding hydrogens is 342 g/mol. The van der Waals surface area contributed by atoms with Crippen LogP contribution in [0.4, 0.5) is 11.4 Å². The summed E-state index contributed by atoms with van der Waals surface area (Å²) in [5.74, 6) is 0.142. The Bertz CT molecular complexity index is 755. The third-order valence-corrected chi connectivity index (χ3v) is 5.14. The van der Waals surface area contributed by atoms with E-state index in [1.165, 1.54) is 5.56 Å². The van der Waals surface area contributed by atoms with E-state index in [0.29, 0.717) is 0 Å². The van der Waals surface area contributed by atoms with Gasteiger partial charge in [-0.15, -0.1) is 0 Å². The number of hydrogen-bond acceptors (Lipinski definition) is 2. The van der Waals surface area contributed by atoms with Crippen LogP contribution >= 0.6 is 12.2 Å². The molecule has 0 aliphatic carbocycles. The van der Waals surface area contributed by atoms with Gasteiger partial charge in [0.2, 0.25) is 5.91 Å². The molecule has 5 heteroatoms. The van der Waals surface area contributed by atoms with Crippen LogP contribution in [0.1, 0.15) is 25.3 Å². The predicted molar refractivity (Wildman–Crippen MR) is 111 cm³/mol. The monoisotopic (exact) mass is 367 g/mol. The van der Waals surface area contributed by atoms with Gasteiger partial charge >= 0.3 is 0 Å². The fourth-order valence-electron chi connectivity index (χ4n) is 3.18. The van der Waals surface area contributed by atoms with Crippen LogP contribution in [0.15, 0.2) is 54.6 Å². The molecule has 3 rings (SSSR count). The summed E-state index contributed by atoms with van der Waals surface area (Å²) in [6, 6.07) is 17.9. The molecule has 0 radical (unpaired) electrons. The van der Waals surface area contributed by atoms with Gasteiger partial charge in [0.05, 0.1) is 0 Å². The van der Waals surface area contributed by atoms with E-state index in [2.05, 4.69) is 34.6 Å². The molecule has 0 bridgehead atoms. The molecule has 1 heterocycles. The highest BCUT2D eigenvalue weighted by Gasteiger charge is 2.26. The van der Waals surface area contributed by atoms with Crippen molar-refractivity contribution < 1.29 is 4.79 Å². The van der Waals surface area contributed by atoms with Gasteiger partial charge in [0, 0.05) is 30.4 Å². The molecular formula is C21H25N3OS. The van der Waals surface area contributed by atoms with Crippen LogP contribution < -0.4 is 10.6 Å². The Balaban J connectivity index is 1.49. The standard InChI is InChI=1S/C21H25N3OS/c1-2-16-7-6-10-19(15-16)23-21(26)24-13-11-17(12-14-24)20(25)22-18-8-4-3-5-9-18/h3-10,15,17H,2,11-14H2,1H3,(H,22,25)(H,23,26). The maximum Gasteiger partial charge on any atom is 0.227 e. The summed E-state index contributed by atoms with van der Waals surface area (Å²) in [4.78, 5) is 14.6. The number of benzene rings is 2. The van der Waals surface area contributed by atoms with Crippen molar-refractivity contribution in [1.29, 1.82) is 0 Å². The maximum atomic E-state index is 12.4. The molecule has 136 valence electrons. The number of likely N-dealkylation sites (tertiary alicyclic amines) is 1. The quantitative estimate of drug-likeness (QED) is 0.791. The lowest BCUT2D eigenvalue weighted by Gasteiger charge is -2.33. The van der Waals surface area contributed by atoms with Crippen molar-refractivity contribution in [3.8, 4) is 0 Å². The number of carbonyl (C=O) groups excluding carboxylic acids is 1. The van der Waals surface area contributed by atoms with Gasteiger partial charge in [-0.3, -0.25) is 4.79 Å². The van der Waals surface area contributed by atoms with Crippen molar-refractivity contribution in [2.24, 2.45) is 5.92 Å². The Morgan fingerprint density at radius 3 is 2.42 bits per heavy atom. The van der Waals surface area contributed by atoms with Crippen molar-refractivity contribution in [2.45, 2.75) is 26.2 Å². The Labute approximate surface area is 160 Å². The molecule has 1 saturated heterocycles. The summed E-state index contributed by atoms with van der Waals surface area (Å²) >= 11 is 5.56. The van der Waals surface area contributed by atoms with Crippen LogP contribution in [0, 0.1) is 5.92 Å². The number of para-hydroxylation sites is 1. The van der Waals surface area contributed by atoms with Gasteiger partial charge in [-0.1, -0.05) is 37.3 Å². The average Bonchev–Trinajstić information content (AvgIpc) is 2.69. The SMILES string of the molecule is CCc1cccc(NC(=S)N2CCC(C(=O)Nc3ccccc3)CC2)c1. The smallest absolute Gasteiger partial charge is 0.227 e. The molecule has 0 spiro atoms. The van der Waals surface area contributed by atoms with Crippen LogP contribution in [0.3, 0.4) is 0 Å². The molecule has 4 nitrogen and oxygen atoms in total. The number of rotatable bonds is 4. The van der Waals surface area contributed by atoms with E-state index in [9.17, 15) is 4.79 Å². The molecule has 0 aromatic heterocycles. The molecule has 0 unspecified atom stereocenters. The van der Waals surface area contributed by atoms with E-state index in [0.717, 1.165) is 48.8 Å². The Morgan fingerprint density at radius 1 is 1.04 bits per heavy atom. The van der Waals surface area contributed by atoms with E-state index in [1.807, 2.05) is 42.5 Å². The number of nitrogens with one attached hydrogen (secondary N) is 2. The molecule has 2 aromatic carbocycles. The topological polar surface area (TPSA) is 44.4 Å². The minimum atomic E-state index is 0.0395. The number of piperidine rings is 1. The van der Waals surface area contributed by atoms with Gasteiger partial charge in [-0.2, -0.15) is 0 Å². The summed E-state index contributed by atoms with van der Waals surface area (Å²) in [5.41, 5.74) is 3.17. The first-order chi connectivity index (χ1) is 12.7. The van der Waals surface area contributed by atoms with Gasteiger partial charge in [0.25, 0.3) is 0 Å². The largest absolute Gasteiger partial charge is 0.349 e. The van der Waals surface area contributed by atoms with Gasteiger partial charge in [-0.25, -0.2) is 0 Å². The fourth-order valence-corrected chi connectivity index (χ4v) is 3.48. The molecule has 26 heavy (non-hydrogen) atoms. The van der Waals surface area contributed by atoms with E-state index in [1.54, 1.807) is 0 Å². The van der Waals surface area contributed by atoms with Gasteiger partial charge < -0.3 is 15.5 Å². The van der Waals surface area contributed by atoms with Crippen LogP contribution in [0.5, 0.6) is 0 Å². The number of thiocarbonyl (C=S) groups is 1. The highest BCUT2D eigenvalue weighted by molar-refractivity contribution is 7.80. The Hall–Kier alpha value is -2.40. The minimum absolute atomic E-state index is 0.0395. The lowest BCUT2D eigenvalue weighted by atomic mass is 9.96. The Kier molecular flexibility index (Phi) is 6.23. The number of carbonyl (C=O) groups is 1. The molecule has 2 N–H and O–H groups in total. The zero-order valence-corrected chi connectivity index (χ0v) is 15.9. The average molecular weight is 368 g/mol. The van der Waals surface area contributed by atoms with Gasteiger partial charge in [0.15, 0.2) is 5.11 Å². The maximum absolute atomic E-state index is 12.4. The summed E-state index contributed by atoms with van der Waals surface area (Å²) < 4.78 is 0. The molecule has 1 aliphatic rings. The molecule has 1 aliphatic heterocycles.